The van der Waals surface area contributed by atoms with Crippen molar-refractivity contribution in [3.63, 3.8) is 0 Å². The number of benzene rings is 1. The molecule has 0 radical (unpaired) electrons. The fraction of sp³-hybridized carbons (Fsp3) is 0.222. The maximum atomic E-state index is 8.51. The molecule has 0 aliphatic carbocycles. The van der Waals surface area contributed by atoms with Crippen LogP contribution in [0.3, 0.4) is 0 Å². The number of rotatable bonds is 3. The van der Waals surface area contributed by atoms with E-state index in [9.17, 15) is 0 Å². The predicted octanol–water partition coefficient (Wildman–Crippen LogP) is 1.76. The maximum Gasteiger partial charge on any atom is 0.0642 e. The minimum atomic E-state index is -0.123. The van der Waals surface area contributed by atoms with Crippen LogP contribution in [-0.4, -0.2) is 0 Å². The number of nitriles is 1. The van der Waals surface area contributed by atoms with Gasteiger partial charge in [0.05, 0.1) is 18.5 Å². The summed E-state index contributed by atoms with van der Waals surface area (Å²) in [6.45, 7) is 0. The lowest BCUT2D eigenvalue weighted by Gasteiger charge is -2.11. The lowest BCUT2D eigenvalue weighted by atomic mass is 10.1. The number of halogens is 1. The Kier molecular flexibility index (Phi) is 3.71. The van der Waals surface area contributed by atoms with Crippen molar-refractivity contribution in [2.45, 2.75) is 12.5 Å². The molecule has 1 aromatic rings. The van der Waals surface area contributed by atoms with Gasteiger partial charge in [-0.05, 0) is 17.7 Å². The van der Waals surface area contributed by atoms with E-state index >= 15 is 0 Å². The average molecular weight is 196 g/mol. The highest BCUT2D eigenvalue weighted by atomic mass is 35.5. The molecule has 0 aromatic heterocycles. The molecule has 1 aromatic carbocycles. The van der Waals surface area contributed by atoms with Gasteiger partial charge in [-0.1, -0.05) is 23.7 Å². The highest BCUT2D eigenvalue weighted by Crippen LogP contribution is 2.17. The smallest absolute Gasteiger partial charge is 0.0642 e. The molecule has 1 unspecified atom stereocenters. The van der Waals surface area contributed by atoms with E-state index in [1.165, 1.54) is 0 Å². The first-order valence-corrected chi connectivity index (χ1v) is 4.24. The van der Waals surface area contributed by atoms with Gasteiger partial charge in [-0.2, -0.15) is 5.26 Å². The second-order valence-corrected chi connectivity index (χ2v) is 3.07. The third-order valence-electron chi connectivity index (χ3n) is 1.77. The van der Waals surface area contributed by atoms with Crippen LogP contribution in [0.1, 0.15) is 18.0 Å². The number of hydrazine groups is 1. The summed E-state index contributed by atoms with van der Waals surface area (Å²) < 4.78 is 0. The van der Waals surface area contributed by atoms with Crippen LogP contribution in [0.2, 0.25) is 5.02 Å². The fourth-order valence-electron chi connectivity index (χ4n) is 1.06. The molecule has 0 fully saturated rings. The predicted molar refractivity (Wildman–Crippen MR) is 51.7 cm³/mol. The van der Waals surface area contributed by atoms with Crippen molar-refractivity contribution in [3.05, 3.63) is 34.9 Å². The van der Waals surface area contributed by atoms with Gasteiger partial charge in [0, 0.05) is 5.02 Å². The van der Waals surface area contributed by atoms with Crippen LogP contribution < -0.4 is 11.3 Å². The van der Waals surface area contributed by atoms with Crippen molar-refractivity contribution in [1.29, 1.82) is 5.26 Å². The van der Waals surface area contributed by atoms with E-state index in [0.29, 0.717) is 11.4 Å². The summed E-state index contributed by atoms with van der Waals surface area (Å²) in [6, 6.07) is 9.19. The number of hydrogen-bond acceptors (Lipinski definition) is 3. The van der Waals surface area contributed by atoms with Crippen molar-refractivity contribution in [3.8, 4) is 6.07 Å². The van der Waals surface area contributed by atoms with E-state index in [-0.39, 0.29) is 6.04 Å². The minimum absolute atomic E-state index is 0.123. The van der Waals surface area contributed by atoms with Crippen LogP contribution in [0.15, 0.2) is 24.3 Å². The Morgan fingerprint density at radius 2 is 2.08 bits per heavy atom. The quantitative estimate of drug-likeness (QED) is 0.571. The molecule has 0 spiro atoms. The third-order valence-corrected chi connectivity index (χ3v) is 2.02. The topological polar surface area (TPSA) is 61.8 Å². The van der Waals surface area contributed by atoms with Crippen LogP contribution in [0.25, 0.3) is 0 Å². The summed E-state index contributed by atoms with van der Waals surface area (Å²) in [4.78, 5) is 0. The summed E-state index contributed by atoms with van der Waals surface area (Å²) in [5.74, 6) is 5.29. The molecular weight excluding hydrogens is 186 g/mol. The Balaban J connectivity index is 2.80. The standard InChI is InChI=1S/C9H10ClN3/c10-8-3-1-7(2-4-8)9(13-12)5-6-11/h1-4,9,13H,5,12H2. The SMILES string of the molecule is N#CCC(NN)c1ccc(Cl)cc1. The molecule has 0 saturated heterocycles. The van der Waals surface area contributed by atoms with Gasteiger partial charge < -0.3 is 0 Å². The number of hydrogen-bond donors (Lipinski definition) is 2. The van der Waals surface area contributed by atoms with E-state index < -0.39 is 0 Å². The van der Waals surface area contributed by atoms with E-state index in [1.807, 2.05) is 12.1 Å². The van der Waals surface area contributed by atoms with Gasteiger partial charge in [-0.3, -0.25) is 11.3 Å². The number of nitrogens with one attached hydrogen (secondary N) is 1. The zero-order valence-corrected chi connectivity index (χ0v) is 7.75. The summed E-state index contributed by atoms with van der Waals surface area (Å²) in [7, 11) is 0. The average Bonchev–Trinajstić information content (AvgIpc) is 2.16. The lowest BCUT2D eigenvalue weighted by molar-refractivity contribution is 0.566. The number of nitrogens with two attached hydrogens (primary N) is 1. The number of nitrogens with zero attached hydrogens (tertiary/aromatic N) is 1. The van der Waals surface area contributed by atoms with Crippen molar-refractivity contribution in [2.75, 3.05) is 0 Å². The molecular formula is C9H10ClN3. The molecule has 3 N–H and O–H groups in total. The maximum absolute atomic E-state index is 8.51. The Morgan fingerprint density at radius 1 is 1.46 bits per heavy atom. The molecule has 0 aliphatic rings. The van der Waals surface area contributed by atoms with Crippen LogP contribution >= 0.6 is 11.6 Å². The fourth-order valence-corrected chi connectivity index (χ4v) is 1.19. The van der Waals surface area contributed by atoms with Crippen LogP contribution in [0, 0.1) is 11.3 Å². The van der Waals surface area contributed by atoms with Gasteiger partial charge >= 0.3 is 0 Å². The van der Waals surface area contributed by atoms with Crippen molar-refractivity contribution >= 4 is 11.6 Å². The summed E-state index contributed by atoms with van der Waals surface area (Å²) in [5.41, 5.74) is 3.54. The molecule has 1 rings (SSSR count). The molecule has 13 heavy (non-hydrogen) atoms. The van der Waals surface area contributed by atoms with Gasteiger partial charge in [-0.15, -0.1) is 0 Å². The summed E-state index contributed by atoms with van der Waals surface area (Å²) >= 11 is 5.72. The first kappa shape index (κ1) is 10.0. The normalized spacial score (nSPS) is 12.1. The first-order valence-electron chi connectivity index (χ1n) is 3.86. The van der Waals surface area contributed by atoms with Gasteiger partial charge in [0.1, 0.15) is 0 Å². The molecule has 68 valence electrons. The van der Waals surface area contributed by atoms with E-state index in [0.717, 1.165) is 5.56 Å². The summed E-state index contributed by atoms with van der Waals surface area (Å²) in [6.07, 6.45) is 0.345. The van der Waals surface area contributed by atoms with Gasteiger partial charge in [0.2, 0.25) is 0 Å². The van der Waals surface area contributed by atoms with E-state index in [4.69, 9.17) is 22.7 Å². The zero-order valence-electron chi connectivity index (χ0n) is 7.00. The Labute approximate surface area is 82.1 Å². The van der Waals surface area contributed by atoms with Crippen LogP contribution in [0.5, 0.6) is 0 Å². The third kappa shape index (κ3) is 2.71. The first-order chi connectivity index (χ1) is 6.27. The van der Waals surface area contributed by atoms with Gasteiger partial charge in [-0.25, -0.2) is 0 Å². The Bertz CT molecular complexity index is 302. The molecule has 4 heteroatoms. The Hall–Kier alpha value is -1.08. The molecule has 0 amide bonds. The molecule has 0 heterocycles. The highest BCUT2D eigenvalue weighted by Gasteiger charge is 2.07. The monoisotopic (exact) mass is 195 g/mol. The molecule has 1 atom stereocenters. The highest BCUT2D eigenvalue weighted by molar-refractivity contribution is 6.30. The molecule has 0 aliphatic heterocycles. The van der Waals surface area contributed by atoms with Gasteiger partial charge in [0.25, 0.3) is 0 Å². The molecule has 0 saturated carbocycles. The second kappa shape index (κ2) is 4.83. The molecule has 3 nitrogen and oxygen atoms in total. The van der Waals surface area contributed by atoms with Crippen molar-refractivity contribution in [1.82, 2.24) is 5.43 Å². The van der Waals surface area contributed by atoms with E-state index in [2.05, 4.69) is 11.5 Å². The van der Waals surface area contributed by atoms with Gasteiger partial charge in [0.15, 0.2) is 0 Å². The van der Waals surface area contributed by atoms with Crippen LogP contribution in [-0.2, 0) is 0 Å². The lowest BCUT2D eigenvalue weighted by Crippen LogP contribution is -2.27. The zero-order chi connectivity index (χ0) is 9.68. The van der Waals surface area contributed by atoms with Crippen molar-refractivity contribution in [2.24, 2.45) is 5.84 Å². The minimum Gasteiger partial charge on any atom is -0.271 e. The van der Waals surface area contributed by atoms with Crippen LogP contribution in [0.4, 0.5) is 0 Å². The van der Waals surface area contributed by atoms with E-state index in [1.54, 1.807) is 12.1 Å². The molecule has 0 bridgehead atoms. The summed E-state index contributed by atoms with van der Waals surface area (Å²) in [5, 5.41) is 9.19. The largest absolute Gasteiger partial charge is 0.271 e. The van der Waals surface area contributed by atoms with Crippen molar-refractivity contribution < 1.29 is 0 Å². The Morgan fingerprint density at radius 3 is 2.54 bits per heavy atom. The second-order valence-electron chi connectivity index (χ2n) is 2.63.